The molecule has 0 spiro atoms. The molecule has 0 bridgehead atoms. The number of thioether (sulfide) groups is 1. The maximum atomic E-state index is 7.26. The summed E-state index contributed by atoms with van der Waals surface area (Å²) in [6.45, 7) is 2.07. The zero-order chi connectivity index (χ0) is 11.3. The monoisotopic (exact) mass is 243 g/mol. The van der Waals surface area contributed by atoms with Crippen LogP contribution in [0.25, 0.3) is 0 Å². The number of hydrogen-bond donors (Lipinski definition) is 2. The van der Waals surface area contributed by atoms with Gasteiger partial charge in [0, 0.05) is 17.9 Å². The molecule has 0 fully saturated rings. The summed E-state index contributed by atoms with van der Waals surface area (Å²) in [5.74, 6) is 0.210. The molecule has 0 amide bonds. The summed E-state index contributed by atoms with van der Waals surface area (Å²) in [5, 5.41) is 9.00. The second-order valence-electron chi connectivity index (χ2n) is 3.17. The van der Waals surface area contributed by atoms with E-state index in [1.807, 2.05) is 6.07 Å². The SMILES string of the molecule is CCC(CC(=N)N)Sc1ncccc1Cl. The maximum Gasteiger partial charge on any atom is 0.115 e. The third-order valence-corrected chi connectivity index (χ3v) is 3.70. The largest absolute Gasteiger partial charge is 0.388 e. The molecule has 1 atom stereocenters. The first-order valence-electron chi connectivity index (χ1n) is 4.73. The fraction of sp³-hybridized carbons (Fsp3) is 0.400. The fourth-order valence-electron chi connectivity index (χ4n) is 1.13. The maximum absolute atomic E-state index is 7.26. The van der Waals surface area contributed by atoms with Crippen molar-refractivity contribution in [3.8, 4) is 0 Å². The minimum Gasteiger partial charge on any atom is -0.388 e. The predicted molar refractivity (Wildman–Crippen MR) is 65.7 cm³/mol. The highest BCUT2D eigenvalue weighted by Crippen LogP contribution is 2.30. The van der Waals surface area contributed by atoms with E-state index in [0.717, 1.165) is 11.4 Å². The van der Waals surface area contributed by atoms with E-state index < -0.39 is 0 Å². The number of pyridine rings is 1. The Morgan fingerprint density at radius 1 is 1.73 bits per heavy atom. The quantitative estimate of drug-likeness (QED) is 0.475. The number of aromatic nitrogens is 1. The van der Waals surface area contributed by atoms with E-state index in [-0.39, 0.29) is 11.1 Å². The van der Waals surface area contributed by atoms with Crippen LogP contribution in [-0.2, 0) is 0 Å². The highest BCUT2D eigenvalue weighted by molar-refractivity contribution is 8.00. The van der Waals surface area contributed by atoms with Crippen LogP contribution >= 0.6 is 23.4 Å². The van der Waals surface area contributed by atoms with Crippen molar-refractivity contribution in [3.05, 3.63) is 23.4 Å². The van der Waals surface area contributed by atoms with Gasteiger partial charge in [0.2, 0.25) is 0 Å². The van der Waals surface area contributed by atoms with Gasteiger partial charge in [-0.2, -0.15) is 0 Å². The average Bonchev–Trinajstić information content (AvgIpc) is 2.19. The minimum atomic E-state index is 0.210. The Bertz CT molecular complexity index is 343. The zero-order valence-corrected chi connectivity index (χ0v) is 10.1. The standard InChI is InChI=1S/C10H14ClN3S/c1-2-7(6-9(12)13)15-10-8(11)4-3-5-14-10/h3-5,7H,2,6H2,1H3,(H3,12,13). The summed E-state index contributed by atoms with van der Waals surface area (Å²) in [6.07, 6.45) is 3.24. The molecule has 1 aromatic heterocycles. The number of nitrogens with two attached hydrogens (primary N) is 1. The van der Waals surface area contributed by atoms with Crippen LogP contribution in [0.4, 0.5) is 0 Å². The molecule has 5 heteroatoms. The van der Waals surface area contributed by atoms with Gasteiger partial charge in [0.25, 0.3) is 0 Å². The van der Waals surface area contributed by atoms with Crippen LogP contribution < -0.4 is 5.73 Å². The fourth-order valence-corrected chi connectivity index (χ4v) is 2.43. The van der Waals surface area contributed by atoms with Gasteiger partial charge in [-0.1, -0.05) is 18.5 Å². The Balaban J connectivity index is 2.66. The molecule has 82 valence electrons. The predicted octanol–water partition coefficient (Wildman–Crippen LogP) is 2.93. The molecular formula is C10H14ClN3S. The molecule has 0 aliphatic heterocycles. The molecule has 3 N–H and O–H groups in total. The molecule has 3 nitrogen and oxygen atoms in total. The molecule has 0 saturated heterocycles. The van der Waals surface area contributed by atoms with E-state index in [9.17, 15) is 0 Å². The molecule has 1 unspecified atom stereocenters. The molecule has 0 aliphatic carbocycles. The van der Waals surface area contributed by atoms with Gasteiger partial charge in [-0.3, -0.25) is 5.41 Å². The molecule has 1 rings (SSSR count). The molecule has 15 heavy (non-hydrogen) atoms. The van der Waals surface area contributed by atoms with Crippen LogP contribution in [0.15, 0.2) is 23.4 Å². The minimum absolute atomic E-state index is 0.210. The summed E-state index contributed by atoms with van der Waals surface area (Å²) < 4.78 is 0. The number of amidine groups is 1. The Morgan fingerprint density at radius 2 is 2.47 bits per heavy atom. The lowest BCUT2D eigenvalue weighted by molar-refractivity contribution is 0.845. The van der Waals surface area contributed by atoms with E-state index in [0.29, 0.717) is 11.4 Å². The van der Waals surface area contributed by atoms with Gasteiger partial charge in [-0.05, 0) is 18.6 Å². The van der Waals surface area contributed by atoms with Gasteiger partial charge < -0.3 is 5.73 Å². The second-order valence-corrected chi connectivity index (χ2v) is 4.86. The third-order valence-electron chi connectivity index (χ3n) is 1.91. The van der Waals surface area contributed by atoms with Crippen molar-refractivity contribution in [2.24, 2.45) is 5.73 Å². The van der Waals surface area contributed by atoms with Crippen molar-refractivity contribution in [2.45, 2.75) is 30.0 Å². The first-order valence-corrected chi connectivity index (χ1v) is 5.99. The highest BCUT2D eigenvalue weighted by Gasteiger charge is 2.12. The Labute approximate surface area is 98.9 Å². The molecule has 0 aliphatic rings. The van der Waals surface area contributed by atoms with Crippen molar-refractivity contribution < 1.29 is 0 Å². The molecule has 1 aromatic rings. The van der Waals surface area contributed by atoms with E-state index in [1.54, 1.807) is 24.0 Å². The van der Waals surface area contributed by atoms with Crippen molar-refractivity contribution in [1.82, 2.24) is 4.98 Å². The Morgan fingerprint density at radius 3 is 3.00 bits per heavy atom. The van der Waals surface area contributed by atoms with Gasteiger partial charge in [0.05, 0.1) is 10.9 Å². The summed E-state index contributed by atoms with van der Waals surface area (Å²) in [4.78, 5) is 4.19. The van der Waals surface area contributed by atoms with Crippen LogP contribution in [0, 0.1) is 5.41 Å². The highest BCUT2D eigenvalue weighted by atomic mass is 35.5. The van der Waals surface area contributed by atoms with Crippen molar-refractivity contribution in [2.75, 3.05) is 0 Å². The molecule has 0 aromatic carbocycles. The lowest BCUT2D eigenvalue weighted by Crippen LogP contribution is -2.16. The third kappa shape index (κ3) is 4.10. The lowest BCUT2D eigenvalue weighted by Gasteiger charge is -2.13. The lowest BCUT2D eigenvalue weighted by atomic mass is 10.2. The Kier molecular flexibility index (Phi) is 4.91. The molecule has 0 radical (unpaired) electrons. The van der Waals surface area contributed by atoms with Gasteiger partial charge in [0.1, 0.15) is 5.03 Å². The van der Waals surface area contributed by atoms with Gasteiger partial charge in [-0.25, -0.2) is 4.98 Å². The average molecular weight is 244 g/mol. The van der Waals surface area contributed by atoms with Crippen LogP contribution in [0.2, 0.25) is 5.02 Å². The number of nitrogens with zero attached hydrogens (tertiary/aromatic N) is 1. The number of hydrogen-bond acceptors (Lipinski definition) is 3. The van der Waals surface area contributed by atoms with Crippen molar-refractivity contribution in [1.29, 1.82) is 5.41 Å². The number of rotatable bonds is 5. The van der Waals surface area contributed by atoms with Crippen LogP contribution in [0.3, 0.4) is 0 Å². The molecule has 0 saturated carbocycles. The first kappa shape index (κ1) is 12.3. The zero-order valence-electron chi connectivity index (χ0n) is 8.53. The van der Waals surface area contributed by atoms with Crippen LogP contribution in [0.1, 0.15) is 19.8 Å². The van der Waals surface area contributed by atoms with Gasteiger partial charge >= 0.3 is 0 Å². The van der Waals surface area contributed by atoms with Crippen LogP contribution in [0.5, 0.6) is 0 Å². The van der Waals surface area contributed by atoms with Gasteiger partial charge in [0.15, 0.2) is 0 Å². The van der Waals surface area contributed by atoms with Crippen molar-refractivity contribution >= 4 is 29.2 Å². The number of nitrogens with one attached hydrogen (secondary N) is 1. The number of halogens is 1. The molecular weight excluding hydrogens is 230 g/mol. The summed E-state index contributed by atoms with van der Waals surface area (Å²) in [7, 11) is 0. The molecule has 1 heterocycles. The van der Waals surface area contributed by atoms with Crippen LogP contribution in [-0.4, -0.2) is 16.1 Å². The summed E-state index contributed by atoms with van der Waals surface area (Å²) >= 11 is 7.57. The second kappa shape index (κ2) is 5.98. The van der Waals surface area contributed by atoms with Gasteiger partial charge in [-0.15, -0.1) is 11.8 Å². The smallest absolute Gasteiger partial charge is 0.115 e. The van der Waals surface area contributed by atoms with Crippen molar-refractivity contribution in [3.63, 3.8) is 0 Å². The van der Waals surface area contributed by atoms with E-state index in [4.69, 9.17) is 22.7 Å². The Hall–Kier alpha value is -0.740. The van der Waals surface area contributed by atoms with E-state index >= 15 is 0 Å². The van der Waals surface area contributed by atoms with E-state index in [1.165, 1.54) is 0 Å². The first-order chi connectivity index (χ1) is 7.13. The topological polar surface area (TPSA) is 62.8 Å². The summed E-state index contributed by atoms with van der Waals surface area (Å²) in [6, 6.07) is 3.62. The normalized spacial score (nSPS) is 12.4. The van der Waals surface area contributed by atoms with E-state index in [2.05, 4.69) is 11.9 Å². The summed E-state index contributed by atoms with van der Waals surface area (Å²) in [5.41, 5.74) is 5.38.